The first kappa shape index (κ1) is 14.5. The van der Waals surface area contributed by atoms with Gasteiger partial charge in [-0.3, -0.25) is 0 Å². The molecule has 0 bridgehead atoms. The van der Waals surface area contributed by atoms with Crippen molar-refractivity contribution in [1.29, 1.82) is 0 Å². The van der Waals surface area contributed by atoms with Crippen molar-refractivity contribution < 1.29 is 0 Å². The molecule has 1 N–H and O–H groups in total. The lowest BCUT2D eigenvalue weighted by atomic mass is 10.2. The number of nitrogens with zero attached hydrogens (tertiary/aromatic N) is 2. The van der Waals surface area contributed by atoms with Crippen LogP contribution in [0.1, 0.15) is 29.6 Å². The molecule has 2 heterocycles. The molecule has 0 saturated carbocycles. The Morgan fingerprint density at radius 2 is 2.21 bits per heavy atom. The average Bonchev–Trinajstić information content (AvgIpc) is 3.07. The maximum Gasteiger partial charge on any atom is 0.185 e. The lowest BCUT2D eigenvalue weighted by molar-refractivity contribution is 0.662. The van der Waals surface area contributed by atoms with Crippen LogP contribution in [0.4, 0.5) is 5.13 Å². The number of rotatable bonds is 6. The zero-order chi connectivity index (χ0) is 13.8. The quantitative estimate of drug-likeness (QED) is 0.883. The van der Waals surface area contributed by atoms with E-state index in [0.717, 1.165) is 11.6 Å². The highest BCUT2D eigenvalue weighted by molar-refractivity contribution is 7.15. The minimum absolute atomic E-state index is 0.368. The summed E-state index contributed by atoms with van der Waals surface area (Å²) in [4.78, 5) is 9.53. The van der Waals surface area contributed by atoms with Crippen LogP contribution in [0.15, 0.2) is 23.7 Å². The van der Waals surface area contributed by atoms with E-state index in [1.165, 1.54) is 9.75 Å². The Morgan fingerprint density at radius 3 is 2.84 bits per heavy atom. The molecule has 0 amide bonds. The van der Waals surface area contributed by atoms with Crippen molar-refractivity contribution in [3.8, 4) is 0 Å². The van der Waals surface area contributed by atoms with Gasteiger partial charge in [-0.2, -0.15) is 0 Å². The number of hydrogen-bond acceptors (Lipinski definition) is 5. The number of hydrogen-bond donors (Lipinski definition) is 1. The van der Waals surface area contributed by atoms with Crippen LogP contribution in [0.5, 0.6) is 0 Å². The zero-order valence-corrected chi connectivity index (χ0v) is 13.5. The van der Waals surface area contributed by atoms with Crippen molar-refractivity contribution in [3.05, 3.63) is 33.5 Å². The molecular formula is C14H21N3S2. The SMILES string of the molecule is CNC(C)c1cnc(N(C)C(C)Cc2cccs2)s1. The number of likely N-dealkylation sites (N-methyl/N-ethyl adjacent to an activating group) is 1. The van der Waals surface area contributed by atoms with Crippen LogP contribution in [0.25, 0.3) is 0 Å². The fourth-order valence-corrected chi connectivity index (χ4v) is 3.69. The van der Waals surface area contributed by atoms with Gasteiger partial charge in [0.15, 0.2) is 5.13 Å². The molecule has 0 aliphatic carbocycles. The number of anilines is 1. The Hall–Kier alpha value is -0.910. The Kier molecular flexibility index (Phi) is 4.96. The van der Waals surface area contributed by atoms with Crippen LogP contribution in [0.2, 0.25) is 0 Å². The minimum Gasteiger partial charge on any atom is -0.348 e. The van der Waals surface area contributed by atoms with Crippen LogP contribution in [0.3, 0.4) is 0 Å². The molecule has 0 radical (unpaired) electrons. The number of thiophene rings is 1. The number of nitrogens with one attached hydrogen (secondary N) is 1. The molecule has 0 saturated heterocycles. The summed E-state index contributed by atoms with van der Waals surface area (Å²) in [6.45, 7) is 4.41. The van der Waals surface area contributed by atoms with Crippen molar-refractivity contribution in [2.45, 2.75) is 32.4 Å². The lowest BCUT2D eigenvalue weighted by Crippen LogP contribution is -2.30. The van der Waals surface area contributed by atoms with Gasteiger partial charge in [0, 0.05) is 41.5 Å². The standard InChI is InChI=1S/C14H21N3S2/c1-10(8-12-6-5-7-18-12)17(4)14-16-9-13(19-14)11(2)15-3/h5-7,9-11,15H,8H2,1-4H3. The lowest BCUT2D eigenvalue weighted by Gasteiger charge is -2.23. The second-order valence-electron chi connectivity index (χ2n) is 4.80. The highest BCUT2D eigenvalue weighted by Gasteiger charge is 2.16. The highest BCUT2D eigenvalue weighted by atomic mass is 32.1. The first-order chi connectivity index (χ1) is 9.11. The normalized spacial score (nSPS) is 14.3. The van der Waals surface area contributed by atoms with E-state index in [9.17, 15) is 0 Å². The summed E-state index contributed by atoms with van der Waals surface area (Å²) in [7, 11) is 4.11. The van der Waals surface area contributed by atoms with Crippen LogP contribution < -0.4 is 10.2 Å². The summed E-state index contributed by atoms with van der Waals surface area (Å²) < 4.78 is 0. The summed E-state index contributed by atoms with van der Waals surface area (Å²) in [6, 6.07) is 5.14. The number of thiazole rings is 1. The Labute approximate surface area is 123 Å². The van der Waals surface area contributed by atoms with Gasteiger partial charge >= 0.3 is 0 Å². The maximum absolute atomic E-state index is 4.54. The molecule has 2 aromatic heterocycles. The monoisotopic (exact) mass is 295 g/mol. The van der Waals surface area contributed by atoms with Gasteiger partial charge in [-0.15, -0.1) is 22.7 Å². The molecule has 2 unspecified atom stereocenters. The zero-order valence-electron chi connectivity index (χ0n) is 11.9. The molecular weight excluding hydrogens is 274 g/mol. The number of aromatic nitrogens is 1. The van der Waals surface area contributed by atoms with Crippen LogP contribution in [-0.4, -0.2) is 25.1 Å². The van der Waals surface area contributed by atoms with Gasteiger partial charge < -0.3 is 10.2 Å². The van der Waals surface area contributed by atoms with Gasteiger partial charge in [0.05, 0.1) is 0 Å². The van der Waals surface area contributed by atoms with Crippen molar-refractivity contribution in [2.75, 3.05) is 19.0 Å². The van der Waals surface area contributed by atoms with Crippen LogP contribution >= 0.6 is 22.7 Å². The van der Waals surface area contributed by atoms with Gasteiger partial charge in [-0.05, 0) is 32.3 Å². The molecule has 2 aromatic rings. The van der Waals surface area contributed by atoms with E-state index in [1.807, 2.05) is 24.6 Å². The molecule has 2 rings (SSSR count). The maximum atomic E-state index is 4.54. The van der Waals surface area contributed by atoms with E-state index in [2.05, 4.69) is 53.6 Å². The first-order valence-electron chi connectivity index (χ1n) is 6.50. The first-order valence-corrected chi connectivity index (χ1v) is 8.19. The van der Waals surface area contributed by atoms with Gasteiger partial charge in [-0.1, -0.05) is 6.07 Å². The summed E-state index contributed by atoms with van der Waals surface area (Å²) >= 11 is 3.59. The van der Waals surface area contributed by atoms with Crippen LogP contribution in [0, 0.1) is 0 Å². The highest BCUT2D eigenvalue weighted by Crippen LogP contribution is 2.28. The molecule has 0 fully saturated rings. The molecule has 5 heteroatoms. The molecule has 0 aliphatic rings. The second-order valence-corrected chi connectivity index (χ2v) is 6.87. The third-order valence-electron chi connectivity index (χ3n) is 3.41. The Balaban J connectivity index is 2.02. The van der Waals surface area contributed by atoms with E-state index in [1.54, 1.807) is 11.3 Å². The van der Waals surface area contributed by atoms with Gasteiger partial charge in [-0.25, -0.2) is 4.98 Å². The van der Waals surface area contributed by atoms with Gasteiger partial charge in [0.2, 0.25) is 0 Å². The minimum atomic E-state index is 0.368. The third-order valence-corrected chi connectivity index (χ3v) is 5.58. The van der Waals surface area contributed by atoms with E-state index in [0.29, 0.717) is 12.1 Å². The van der Waals surface area contributed by atoms with E-state index in [4.69, 9.17) is 0 Å². The Bertz CT molecular complexity index is 493. The van der Waals surface area contributed by atoms with Crippen LogP contribution in [-0.2, 0) is 6.42 Å². The molecule has 2 atom stereocenters. The molecule has 0 spiro atoms. The molecule has 0 aliphatic heterocycles. The van der Waals surface area contributed by atoms with E-state index < -0.39 is 0 Å². The summed E-state index contributed by atoms with van der Waals surface area (Å²) in [5, 5.41) is 6.49. The Morgan fingerprint density at radius 1 is 1.42 bits per heavy atom. The second kappa shape index (κ2) is 6.50. The summed E-state index contributed by atoms with van der Waals surface area (Å²) in [5.41, 5.74) is 0. The fourth-order valence-electron chi connectivity index (χ4n) is 1.83. The van der Waals surface area contributed by atoms with Crippen molar-refractivity contribution in [3.63, 3.8) is 0 Å². The predicted molar refractivity (Wildman–Crippen MR) is 85.5 cm³/mol. The van der Waals surface area contributed by atoms with Crippen molar-refractivity contribution in [1.82, 2.24) is 10.3 Å². The average molecular weight is 295 g/mol. The summed E-state index contributed by atoms with van der Waals surface area (Å²) in [5.74, 6) is 0. The van der Waals surface area contributed by atoms with Gasteiger partial charge in [0.1, 0.15) is 0 Å². The molecule has 0 aromatic carbocycles. The largest absolute Gasteiger partial charge is 0.348 e. The van der Waals surface area contributed by atoms with Crippen molar-refractivity contribution in [2.24, 2.45) is 0 Å². The topological polar surface area (TPSA) is 28.2 Å². The summed E-state index contributed by atoms with van der Waals surface area (Å²) in [6.07, 6.45) is 3.06. The fraction of sp³-hybridized carbons (Fsp3) is 0.500. The smallest absolute Gasteiger partial charge is 0.185 e. The molecule has 104 valence electrons. The molecule has 19 heavy (non-hydrogen) atoms. The van der Waals surface area contributed by atoms with E-state index >= 15 is 0 Å². The molecule has 3 nitrogen and oxygen atoms in total. The van der Waals surface area contributed by atoms with E-state index in [-0.39, 0.29) is 0 Å². The third kappa shape index (κ3) is 3.55. The van der Waals surface area contributed by atoms with Gasteiger partial charge in [0.25, 0.3) is 0 Å². The van der Waals surface area contributed by atoms with Crippen molar-refractivity contribution >= 4 is 27.8 Å². The predicted octanol–water partition coefficient (Wildman–Crippen LogP) is 3.55.